The first-order valence-corrected chi connectivity index (χ1v) is 7.65. The zero-order valence-electron chi connectivity index (χ0n) is 12.5. The quantitative estimate of drug-likeness (QED) is 0.785. The van der Waals surface area contributed by atoms with Gasteiger partial charge in [0.1, 0.15) is 4.99 Å². The average molecular weight is 306 g/mol. The Morgan fingerprint density at radius 3 is 2.43 bits per heavy atom. The third kappa shape index (κ3) is 4.02. The molecule has 1 aromatic rings. The van der Waals surface area contributed by atoms with E-state index in [4.69, 9.17) is 22.7 Å². The number of hydrogen-bond acceptors (Lipinski definition) is 3. The number of thiocarbonyl (C=S) groups is 1. The van der Waals surface area contributed by atoms with E-state index in [1.54, 1.807) is 31.4 Å². The second kappa shape index (κ2) is 7.00. The molecule has 5 heteroatoms. The van der Waals surface area contributed by atoms with E-state index in [-0.39, 0.29) is 11.9 Å². The number of benzene rings is 1. The maximum atomic E-state index is 12.7. The lowest BCUT2D eigenvalue weighted by Crippen LogP contribution is -2.42. The zero-order chi connectivity index (χ0) is 15.4. The van der Waals surface area contributed by atoms with Gasteiger partial charge in [-0.15, -0.1) is 0 Å². The summed E-state index contributed by atoms with van der Waals surface area (Å²) in [6.45, 7) is 3.28. The summed E-state index contributed by atoms with van der Waals surface area (Å²) in [5.41, 5.74) is 7.02. The van der Waals surface area contributed by atoms with Crippen molar-refractivity contribution in [3.05, 3.63) is 35.4 Å². The van der Waals surface area contributed by atoms with Crippen LogP contribution in [0, 0.1) is 5.92 Å². The van der Waals surface area contributed by atoms with Crippen LogP contribution in [0.15, 0.2) is 24.3 Å². The Labute approximate surface area is 131 Å². The molecule has 1 saturated carbocycles. The van der Waals surface area contributed by atoms with Crippen molar-refractivity contribution >= 4 is 23.1 Å². The summed E-state index contributed by atoms with van der Waals surface area (Å²) in [5.74, 6) is 0.669. The molecule has 1 unspecified atom stereocenters. The molecule has 1 aromatic carbocycles. The van der Waals surface area contributed by atoms with Crippen molar-refractivity contribution in [2.75, 3.05) is 20.3 Å². The fraction of sp³-hybridized carbons (Fsp3) is 0.500. The first-order chi connectivity index (χ1) is 10.0. The highest BCUT2D eigenvalue weighted by molar-refractivity contribution is 7.80. The van der Waals surface area contributed by atoms with Crippen molar-refractivity contribution < 1.29 is 9.53 Å². The van der Waals surface area contributed by atoms with Gasteiger partial charge in [-0.05, 0) is 37.8 Å². The molecule has 0 aliphatic heterocycles. The molecule has 114 valence electrons. The minimum atomic E-state index is 0.0425. The van der Waals surface area contributed by atoms with Crippen LogP contribution in [0.4, 0.5) is 0 Å². The fourth-order valence-corrected chi connectivity index (χ4v) is 2.59. The molecule has 0 bridgehead atoms. The third-order valence-corrected chi connectivity index (χ3v) is 4.25. The number of nitrogens with zero attached hydrogens (tertiary/aromatic N) is 1. The highest BCUT2D eigenvalue weighted by Crippen LogP contribution is 2.35. The predicted octanol–water partition coefficient (Wildman–Crippen LogP) is 2.21. The topological polar surface area (TPSA) is 55.6 Å². The Kier molecular flexibility index (Phi) is 5.31. The molecule has 0 saturated heterocycles. The number of amides is 1. The maximum absolute atomic E-state index is 12.7. The van der Waals surface area contributed by atoms with Crippen LogP contribution >= 0.6 is 12.2 Å². The number of nitrogens with two attached hydrogens (primary N) is 1. The molecular weight excluding hydrogens is 284 g/mol. The van der Waals surface area contributed by atoms with Gasteiger partial charge in [0, 0.05) is 30.8 Å². The van der Waals surface area contributed by atoms with Crippen LogP contribution in [0.5, 0.6) is 0 Å². The Hall–Kier alpha value is -1.46. The molecule has 2 rings (SSSR count). The molecule has 1 aliphatic rings. The molecule has 0 spiro atoms. The van der Waals surface area contributed by atoms with Crippen molar-refractivity contribution in [2.45, 2.75) is 25.8 Å². The standard InChI is InChI=1S/C16H22N2O2S/c1-11(12-3-4-12)18(9-10-20-2)16(19)14-7-5-13(6-8-14)15(17)21/h5-8,11-12H,3-4,9-10H2,1-2H3,(H2,17,21). The van der Waals surface area contributed by atoms with Crippen LogP contribution < -0.4 is 5.73 Å². The van der Waals surface area contributed by atoms with Gasteiger partial charge in [-0.25, -0.2) is 0 Å². The smallest absolute Gasteiger partial charge is 0.254 e. The molecule has 1 amide bonds. The van der Waals surface area contributed by atoms with Gasteiger partial charge in [0.05, 0.1) is 6.61 Å². The monoisotopic (exact) mass is 306 g/mol. The maximum Gasteiger partial charge on any atom is 0.254 e. The number of rotatable bonds is 7. The first kappa shape index (κ1) is 15.9. The van der Waals surface area contributed by atoms with Crippen molar-refractivity contribution in [1.82, 2.24) is 4.90 Å². The van der Waals surface area contributed by atoms with E-state index in [0.717, 1.165) is 5.56 Å². The van der Waals surface area contributed by atoms with Crippen LogP contribution in [0.2, 0.25) is 0 Å². The SMILES string of the molecule is COCCN(C(=O)c1ccc(C(N)=S)cc1)C(C)C1CC1. The molecule has 1 aliphatic carbocycles. The number of methoxy groups -OCH3 is 1. The minimum Gasteiger partial charge on any atom is -0.389 e. The van der Waals surface area contributed by atoms with Gasteiger partial charge < -0.3 is 15.4 Å². The van der Waals surface area contributed by atoms with Crippen molar-refractivity contribution in [2.24, 2.45) is 11.7 Å². The summed E-state index contributed by atoms with van der Waals surface area (Å²) in [6, 6.07) is 7.42. The number of ether oxygens (including phenoxy) is 1. The Bertz CT molecular complexity index is 512. The third-order valence-electron chi connectivity index (χ3n) is 4.01. The van der Waals surface area contributed by atoms with Crippen LogP contribution in [0.1, 0.15) is 35.7 Å². The van der Waals surface area contributed by atoms with Gasteiger partial charge in [-0.1, -0.05) is 24.4 Å². The molecule has 1 fully saturated rings. The Morgan fingerprint density at radius 2 is 1.95 bits per heavy atom. The van der Waals surface area contributed by atoms with E-state index < -0.39 is 0 Å². The highest BCUT2D eigenvalue weighted by Gasteiger charge is 2.34. The van der Waals surface area contributed by atoms with Gasteiger partial charge >= 0.3 is 0 Å². The lowest BCUT2D eigenvalue weighted by Gasteiger charge is -2.29. The summed E-state index contributed by atoms with van der Waals surface area (Å²) >= 11 is 4.93. The molecule has 0 heterocycles. The molecule has 0 aromatic heterocycles. The largest absolute Gasteiger partial charge is 0.389 e. The van der Waals surface area contributed by atoms with E-state index in [2.05, 4.69) is 6.92 Å². The average Bonchev–Trinajstić information content (AvgIpc) is 3.32. The fourth-order valence-electron chi connectivity index (χ4n) is 2.46. The molecule has 21 heavy (non-hydrogen) atoms. The zero-order valence-corrected chi connectivity index (χ0v) is 13.4. The minimum absolute atomic E-state index is 0.0425. The molecule has 1 atom stereocenters. The van der Waals surface area contributed by atoms with Gasteiger partial charge in [-0.2, -0.15) is 0 Å². The molecule has 2 N–H and O–H groups in total. The molecule has 4 nitrogen and oxygen atoms in total. The summed E-state index contributed by atoms with van der Waals surface area (Å²) < 4.78 is 5.13. The normalized spacial score (nSPS) is 15.5. The Morgan fingerprint density at radius 1 is 1.38 bits per heavy atom. The van der Waals surface area contributed by atoms with E-state index in [1.807, 2.05) is 4.90 Å². The van der Waals surface area contributed by atoms with E-state index in [1.165, 1.54) is 12.8 Å². The van der Waals surface area contributed by atoms with E-state index in [0.29, 0.717) is 29.6 Å². The van der Waals surface area contributed by atoms with Crippen molar-refractivity contribution in [3.8, 4) is 0 Å². The lowest BCUT2D eigenvalue weighted by atomic mass is 10.1. The van der Waals surface area contributed by atoms with Crippen molar-refractivity contribution in [3.63, 3.8) is 0 Å². The predicted molar refractivity (Wildman–Crippen MR) is 87.4 cm³/mol. The van der Waals surface area contributed by atoms with Crippen LogP contribution in [0.25, 0.3) is 0 Å². The Balaban J connectivity index is 2.13. The summed E-state index contributed by atoms with van der Waals surface area (Å²) in [7, 11) is 1.65. The summed E-state index contributed by atoms with van der Waals surface area (Å²) in [4.78, 5) is 15.0. The number of carbonyl (C=O) groups excluding carboxylic acids is 1. The second-order valence-electron chi connectivity index (χ2n) is 5.51. The summed E-state index contributed by atoms with van der Waals surface area (Å²) in [5, 5.41) is 0. The summed E-state index contributed by atoms with van der Waals surface area (Å²) in [6.07, 6.45) is 2.41. The molecular formula is C16H22N2O2S. The van der Waals surface area contributed by atoms with Gasteiger partial charge in [0.25, 0.3) is 5.91 Å². The highest BCUT2D eigenvalue weighted by atomic mass is 32.1. The van der Waals surface area contributed by atoms with Gasteiger partial charge in [-0.3, -0.25) is 4.79 Å². The van der Waals surface area contributed by atoms with Crippen molar-refractivity contribution in [1.29, 1.82) is 0 Å². The van der Waals surface area contributed by atoms with Crippen LogP contribution in [0.3, 0.4) is 0 Å². The van der Waals surface area contributed by atoms with Crippen LogP contribution in [-0.4, -0.2) is 42.1 Å². The van der Waals surface area contributed by atoms with Gasteiger partial charge in [0.15, 0.2) is 0 Å². The first-order valence-electron chi connectivity index (χ1n) is 7.24. The van der Waals surface area contributed by atoms with E-state index in [9.17, 15) is 4.79 Å². The lowest BCUT2D eigenvalue weighted by molar-refractivity contribution is 0.0594. The number of hydrogen-bond donors (Lipinski definition) is 1. The van der Waals surface area contributed by atoms with Crippen LogP contribution in [-0.2, 0) is 4.74 Å². The molecule has 0 radical (unpaired) electrons. The van der Waals surface area contributed by atoms with E-state index >= 15 is 0 Å². The van der Waals surface area contributed by atoms with Gasteiger partial charge in [0.2, 0.25) is 0 Å². The second-order valence-corrected chi connectivity index (χ2v) is 5.95. The number of carbonyl (C=O) groups is 1.